The minimum absolute atomic E-state index is 0.0539. The van der Waals surface area contributed by atoms with Crippen LogP contribution in [0.4, 0.5) is 4.39 Å². The van der Waals surface area contributed by atoms with Crippen molar-refractivity contribution in [2.45, 2.75) is 13.0 Å². The lowest BCUT2D eigenvalue weighted by Crippen LogP contribution is -2.44. The van der Waals surface area contributed by atoms with Crippen LogP contribution in [-0.2, 0) is 17.8 Å². The van der Waals surface area contributed by atoms with Crippen molar-refractivity contribution in [3.05, 3.63) is 83.8 Å². The Morgan fingerprint density at radius 2 is 1.82 bits per heavy atom. The Kier molecular flexibility index (Phi) is 8.00. The summed E-state index contributed by atoms with van der Waals surface area (Å²) in [5.74, 6) is -0.143. The standard InChI is InChI=1S/C26H29FN4O2/c27-24-17-26(33-15-14-31-12-10-28-11-13-31)30-19-23(24)22-8-6-20(7-9-22)16-25(32)29-18-21-4-2-1-3-5-21/h1-9,17,19,28H,10-16,18H2,(H,29,32). The highest BCUT2D eigenvalue weighted by atomic mass is 19.1. The number of carbonyl (C=O) groups is 1. The van der Waals surface area contributed by atoms with E-state index >= 15 is 0 Å². The number of rotatable bonds is 9. The number of ether oxygens (including phenoxy) is 1. The average Bonchev–Trinajstić information content (AvgIpc) is 2.85. The smallest absolute Gasteiger partial charge is 0.224 e. The van der Waals surface area contributed by atoms with E-state index in [2.05, 4.69) is 20.5 Å². The van der Waals surface area contributed by atoms with E-state index < -0.39 is 0 Å². The van der Waals surface area contributed by atoms with E-state index in [4.69, 9.17) is 4.74 Å². The van der Waals surface area contributed by atoms with Gasteiger partial charge >= 0.3 is 0 Å². The molecule has 1 aromatic heterocycles. The number of halogens is 1. The molecule has 2 N–H and O–H groups in total. The fraction of sp³-hybridized carbons (Fsp3) is 0.308. The average molecular weight is 449 g/mol. The molecule has 0 saturated carbocycles. The Labute approximate surface area is 193 Å². The normalized spacial score (nSPS) is 14.1. The summed E-state index contributed by atoms with van der Waals surface area (Å²) >= 11 is 0. The molecule has 0 atom stereocenters. The van der Waals surface area contributed by atoms with E-state index in [-0.39, 0.29) is 24.0 Å². The molecule has 1 aliphatic rings. The second-order valence-electron chi connectivity index (χ2n) is 8.08. The van der Waals surface area contributed by atoms with Gasteiger partial charge in [0.15, 0.2) is 0 Å². The van der Waals surface area contributed by atoms with E-state index in [0.29, 0.717) is 24.3 Å². The summed E-state index contributed by atoms with van der Waals surface area (Å²) in [5.41, 5.74) is 3.04. The first-order valence-corrected chi connectivity index (χ1v) is 11.3. The molecular formula is C26H29FN4O2. The number of piperazine rings is 1. The highest BCUT2D eigenvalue weighted by Crippen LogP contribution is 2.25. The number of hydrogen-bond acceptors (Lipinski definition) is 5. The van der Waals surface area contributed by atoms with Crippen molar-refractivity contribution in [3.8, 4) is 17.0 Å². The molecule has 4 rings (SSSR count). The highest BCUT2D eigenvalue weighted by Gasteiger charge is 2.12. The van der Waals surface area contributed by atoms with Gasteiger partial charge in [-0.1, -0.05) is 54.6 Å². The lowest BCUT2D eigenvalue weighted by atomic mass is 10.0. The molecule has 1 amide bonds. The predicted octanol–water partition coefficient (Wildman–Crippen LogP) is 3.03. The Hall–Kier alpha value is -3.29. The van der Waals surface area contributed by atoms with Crippen LogP contribution in [0.2, 0.25) is 0 Å². The molecule has 33 heavy (non-hydrogen) atoms. The van der Waals surface area contributed by atoms with Gasteiger partial charge in [-0.25, -0.2) is 9.37 Å². The molecule has 0 radical (unpaired) electrons. The Balaban J connectivity index is 1.28. The van der Waals surface area contributed by atoms with E-state index in [1.165, 1.54) is 12.3 Å². The van der Waals surface area contributed by atoms with Crippen molar-refractivity contribution in [2.75, 3.05) is 39.3 Å². The van der Waals surface area contributed by atoms with Crippen molar-refractivity contribution >= 4 is 5.91 Å². The van der Waals surface area contributed by atoms with Gasteiger partial charge in [-0.2, -0.15) is 0 Å². The van der Waals surface area contributed by atoms with Crippen molar-refractivity contribution in [2.24, 2.45) is 0 Å². The van der Waals surface area contributed by atoms with E-state index in [9.17, 15) is 9.18 Å². The number of pyridine rings is 1. The van der Waals surface area contributed by atoms with Gasteiger partial charge in [0.05, 0.1) is 6.42 Å². The van der Waals surface area contributed by atoms with E-state index in [0.717, 1.165) is 43.9 Å². The predicted molar refractivity (Wildman–Crippen MR) is 126 cm³/mol. The number of nitrogens with one attached hydrogen (secondary N) is 2. The topological polar surface area (TPSA) is 66.5 Å². The Morgan fingerprint density at radius 1 is 1.06 bits per heavy atom. The molecule has 0 aliphatic carbocycles. The zero-order chi connectivity index (χ0) is 22.9. The van der Waals surface area contributed by atoms with E-state index in [1.54, 1.807) is 0 Å². The van der Waals surface area contributed by atoms with Crippen LogP contribution >= 0.6 is 0 Å². The van der Waals surface area contributed by atoms with Gasteiger partial charge in [0, 0.05) is 57.1 Å². The Bertz CT molecular complexity index is 1040. The second kappa shape index (κ2) is 11.5. The third kappa shape index (κ3) is 6.84. The molecule has 1 saturated heterocycles. The van der Waals surface area contributed by atoms with Crippen LogP contribution in [0.1, 0.15) is 11.1 Å². The number of carbonyl (C=O) groups excluding carboxylic acids is 1. The summed E-state index contributed by atoms with van der Waals surface area (Å²) in [6.07, 6.45) is 1.77. The molecule has 3 aromatic rings. The van der Waals surface area contributed by atoms with Gasteiger partial charge < -0.3 is 15.4 Å². The highest BCUT2D eigenvalue weighted by molar-refractivity contribution is 5.78. The lowest BCUT2D eigenvalue weighted by molar-refractivity contribution is -0.120. The van der Waals surface area contributed by atoms with Crippen LogP contribution in [0.3, 0.4) is 0 Å². The minimum Gasteiger partial charge on any atom is -0.476 e. The molecule has 7 heteroatoms. The van der Waals surface area contributed by atoms with Crippen molar-refractivity contribution in [1.82, 2.24) is 20.5 Å². The van der Waals surface area contributed by atoms with Crippen LogP contribution < -0.4 is 15.4 Å². The van der Waals surface area contributed by atoms with Gasteiger partial charge in [-0.15, -0.1) is 0 Å². The van der Waals surface area contributed by atoms with Gasteiger partial charge in [-0.3, -0.25) is 9.69 Å². The summed E-state index contributed by atoms with van der Waals surface area (Å²) in [6, 6.07) is 18.4. The number of benzene rings is 2. The summed E-state index contributed by atoms with van der Waals surface area (Å²) in [7, 11) is 0. The molecule has 1 fully saturated rings. The summed E-state index contributed by atoms with van der Waals surface area (Å²) in [4.78, 5) is 18.8. The van der Waals surface area contributed by atoms with Crippen molar-refractivity contribution in [1.29, 1.82) is 0 Å². The fourth-order valence-electron chi connectivity index (χ4n) is 3.77. The second-order valence-corrected chi connectivity index (χ2v) is 8.08. The van der Waals surface area contributed by atoms with Crippen LogP contribution in [-0.4, -0.2) is 55.1 Å². The van der Waals surface area contributed by atoms with Gasteiger partial charge in [0.25, 0.3) is 0 Å². The minimum atomic E-state index is -0.379. The zero-order valence-electron chi connectivity index (χ0n) is 18.6. The maximum Gasteiger partial charge on any atom is 0.224 e. The first-order valence-electron chi connectivity index (χ1n) is 11.3. The molecule has 2 heterocycles. The maximum atomic E-state index is 14.7. The summed E-state index contributed by atoms with van der Waals surface area (Å²) in [5, 5.41) is 6.23. The SMILES string of the molecule is O=C(Cc1ccc(-c2cnc(OCCN3CCNCC3)cc2F)cc1)NCc1ccccc1. The quantitative estimate of drug-likeness (QED) is 0.527. The first-order chi connectivity index (χ1) is 16.2. The molecule has 2 aromatic carbocycles. The summed E-state index contributed by atoms with van der Waals surface area (Å²) in [6.45, 7) is 5.74. The van der Waals surface area contributed by atoms with Crippen molar-refractivity contribution < 1.29 is 13.9 Å². The molecular weight excluding hydrogens is 419 g/mol. The molecule has 0 bridgehead atoms. The van der Waals surface area contributed by atoms with Gasteiger partial charge in [0.1, 0.15) is 12.4 Å². The monoisotopic (exact) mass is 448 g/mol. The van der Waals surface area contributed by atoms with Crippen LogP contribution in [0.25, 0.3) is 11.1 Å². The van der Waals surface area contributed by atoms with E-state index in [1.807, 2.05) is 54.6 Å². The number of amides is 1. The maximum absolute atomic E-state index is 14.7. The first kappa shape index (κ1) is 22.9. The fourth-order valence-corrected chi connectivity index (χ4v) is 3.77. The van der Waals surface area contributed by atoms with Crippen LogP contribution in [0, 0.1) is 5.82 Å². The zero-order valence-corrected chi connectivity index (χ0v) is 18.6. The molecule has 6 nitrogen and oxygen atoms in total. The number of nitrogens with zero attached hydrogens (tertiary/aromatic N) is 2. The molecule has 1 aliphatic heterocycles. The number of hydrogen-bond donors (Lipinski definition) is 2. The van der Waals surface area contributed by atoms with Gasteiger partial charge in [-0.05, 0) is 16.7 Å². The molecule has 0 spiro atoms. The summed E-state index contributed by atoms with van der Waals surface area (Å²) < 4.78 is 20.3. The molecule has 0 unspecified atom stereocenters. The third-order valence-corrected chi connectivity index (χ3v) is 5.66. The number of aromatic nitrogens is 1. The molecule has 172 valence electrons. The third-order valence-electron chi connectivity index (χ3n) is 5.66. The van der Waals surface area contributed by atoms with Crippen molar-refractivity contribution in [3.63, 3.8) is 0 Å². The largest absolute Gasteiger partial charge is 0.476 e. The van der Waals surface area contributed by atoms with Crippen LogP contribution in [0.5, 0.6) is 5.88 Å². The Morgan fingerprint density at radius 3 is 2.55 bits per heavy atom. The van der Waals surface area contributed by atoms with Gasteiger partial charge in [0.2, 0.25) is 11.8 Å². The van der Waals surface area contributed by atoms with Crippen LogP contribution in [0.15, 0.2) is 66.9 Å². The lowest BCUT2D eigenvalue weighted by Gasteiger charge is -2.26.